The highest BCUT2D eigenvalue weighted by molar-refractivity contribution is 5.51. The van der Waals surface area contributed by atoms with Gasteiger partial charge >= 0.3 is 0 Å². The Hall–Kier alpha value is -2.00. The smallest absolute Gasteiger partial charge is 0.0992 e. The highest BCUT2D eigenvalue weighted by Crippen LogP contribution is 2.23. The minimum Gasteiger partial charge on any atom is -0.371 e. The Morgan fingerprint density at radius 2 is 1.94 bits per heavy atom. The fourth-order valence-corrected chi connectivity index (χ4v) is 2.04. The summed E-state index contributed by atoms with van der Waals surface area (Å²) in [5.41, 5.74) is 1.79. The van der Waals surface area contributed by atoms with Gasteiger partial charge in [0.2, 0.25) is 0 Å². The van der Waals surface area contributed by atoms with Gasteiger partial charge in [0.1, 0.15) is 0 Å². The summed E-state index contributed by atoms with van der Waals surface area (Å²) < 4.78 is 0. The van der Waals surface area contributed by atoms with Gasteiger partial charge < -0.3 is 4.90 Å². The van der Waals surface area contributed by atoms with Crippen molar-refractivity contribution in [2.24, 2.45) is 5.92 Å². The molecule has 1 aliphatic rings. The molecule has 0 unspecified atom stereocenters. The first-order valence-electron chi connectivity index (χ1n) is 5.48. The molecular weight excluding hydrogens is 198 g/mol. The molecule has 80 valence electrons. The number of rotatable bonds is 1. The fraction of sp³-hybridized carbons (Fsp3) is 0.385. The van der Waals surface area contributed by atoms with Crippen LogP contribution < -0.4 is 4.90 Å². The highest BCUT2D eigenvalue weighted by Gasteiger charge is 2.18. The molecule has 0 bridgehead atoms. The molecule has 16 heavy (non-hydrogen) atoms. The Morgan fingerprint density at radius 3 is 2.56 bits per heavy atom. The Balaban J connectivity index is 2.09. The SMILES string of the molecule is N#Cc1cccc(N2CCC(C#N)CC2)c1. The van der Waals surface area contributed by atoms with Crippen molar-refractivity contribution < 1.29 is 0 Å². The Kier molecular flexibility index (Phi) is 3.08. The maximum atomic E-state index is 8.83. The molecule has 1 fully saturated rings. The van der Waals surface area contributed by atoms with Crippen molar-refractivity contribution >= 4 is 5.69 Å². The van der Waals surface area contributed by atoms with Gasteiger partial charge in [-0.25, -0.2) is 0 Å². The van der Waals surface area contributed by atoms with E-state index in [1.807, 2.05) is 24.3 Å². The van der Waals surface area contributed by atoms with Crippen LogP contribution in [-0.4, -0.2) is 13.1 Å². The van der Waals surface area contributed by atoms with Gasteiger partial charge in [-0.15, -0.1) is 0 Å². The Morgan fingerprint density at radius 1 is 1.19 bits per heavy atom. The first-order chi connectivity index (χ1) is 7.83. The van der Waals surface area contributed by atoms with E-state index >= 15 is 0 Å². The predicted molar refractivity (Wildman–Crippen MR) is 61.7 cm³/mol. The van der Waals surface area contributed by atoms with Crippen LogP contribution in [0.4, 0.5) is 5.69 Å². The van der Waals surface area contributed by atoms with Crippen LogP contribution in [0, 0.1) is 28.6 Å². The van der Waals surface area contributed by atoms with E-state index in [4.69, 9.17) is 10.5 Å². The minimum atomic E-state index is 0.204. The van der Waals surface area contributed by atoms with Crippen molar-refractivity contribution in [3.8, 4) is 12.1 Å². The van der Waals surface area contributed by atoms with Gasteiger partial charge in [-0.2, -0.15) is 10.5 Å². The van der Waals surface area contributed by atoms with Crippen LogP contribution in [0.3, 0.4) is 0 Å². The summed E-state index contributed by atoms with van der Waals surface area (Å²) in [5, 5.41) is 17.6. The quantitative estimate of drug-likeness (QED) is 0.716. The molecule has 0 aliphatic carbocycles. The van der Waals surface area contributed by atoms with Crippen molar-refractivity contribution in [3.63, 3.8) is 0 Å². The summed E-state index contributed by atoms with van der Waals surface area (Å²) in [5.74, 6) is 0.204. The molecule has 3 nitrogen and oxygen atoms in total. The number of hydrogen-bond acceptors (Lipinski definition) is 3. The molecule has 1 aromatic rings. The molecule has 1 aliphatic heterocycles. The monoisotopic (exact) mass is 211 g/mol. The van der Waals surface area contributed by atoms with Crippen LogP contribution in [0.5, 0.6) is 0 Å². The number of piperidine rings is 1. The molecule has 2 rings (SSSR count). The second kappa shape index (κ2) is 4.68. The molecule has 1 aromatic carbocycles. The molecule has 0 saturated carbocycles. The van der Waals surface area contributed by atoms with E-state index in [0.717, 1.165) is 31.6 Å². The second-order valence-electron chi connectivity index (χ2n) is 4.05. The third-order valence-corrected chi connectivity index (χ3v) is 3.02. The zero-order valence-corrected chi connectivity index (χ0v) is 9.06. The summed E-state index contributed by atoms with van der Waals surface area (Å²) >= 11 is 0. The summed E-state index contributed by atoms with van der Waals surface area (Å²) in [6, 6.07) is 12.1. The van der Waals surface area contributed by atoms with E-state index in [1.165, 1.54) is 0 Å². The molecular formula is C13H13N3. The zero-order chi connectivity index (χ0) is 11.4. The predicted octanol–water partition coefficient (Wildman–Crippen LogP) is 2.30. The molecule has 0 atom stereocenters. The summed E-state index contributed by atoms with van der Waals surface area (Å²) in [6.45, 7) is 1.82. The Bertz CT molecular complexity index is 445. The average Bonchev–Trinajstić information content (AvgIpc) is 2.39. The summed E-state index contributed by atoms with van der Waals surface area (Å²) in [6.07, 6.45) is 1.85. The van der Waals surface area contributed by atoms with Gasteiger partial charge in [0.15, 0.2) is 0 Å². The molecule has 0 aromatic heterocycles. The standard InChI is InChI=1S/C13H13N3/c14-9-11-4-6-16(7-5-11)13-3-1-2-12(8-13)10-15/h1-3,8,11H,4-7H2. The van der Waals surface area contributed by atoms with Gasteiger partial charge in [-0.05, 0) is 31.0 Å². The number of benzene rings is 1. The van der Waals surface area contributed by atoms with Crippen LogP contribution in [-0.2, 0) is 0 Å². The normalized spacial score (nSPS) is 16.5. The van der Waals surface area contributed by atoms with E-state index in [1.54, 1.807) is 0 Å². The molecule has 0 N–H and O–H groups in total. The summed E-state index contributed by atoms with van der Waals surface area (Å²) in [4.78, 5) is 2.24. The first kappa shape index (κ1) is 10.5. The lowest BCUT2D eigenvalue weighted by Gasteiger charge is -2.31. The van der Waals surface area contributed by atoms with Gasteiger partial charge in [-0.3, -0.25) is 0 Å². The first-order valence-corrected chi connectivity index (χ1v) is 5.48. The van der Waals surface area contributed by atoms with Crippen LogP contribution >= 0.6 is 0 Å². The lowest BCUT2D eigenvalue weighted by atomic mass is 9.98. The van der Waals surface area contributed by atoms with E-state index < -0.39 is 0 Å². The molecule has 3 heteroatoms. The summed E-state index contributed by atoms with van der Waals surface area (Å²) in [7, 11) is 0. The third kappa shape index (κ3) is 2.15. The largest absolute Gasteiger partial charge is 0.371 e. The number of anilines is 1. The molecule has 0 spiro atoms. The van der Waals surface area contributed by atoms with Gasteiger partial charge in [0.25, 0.3) is 0 Å². The maximum absolute atomic E-state index is 8.83. The second-order valence-corrected chi connectivity index (χ2v) is 4.05. The average molecular weight is 211 g/mol. The van der Waals surface area contributed by atoms with Gasteiger partial charge in [0, 0.05) is 24.7 Å². The fourth-order valence-electron chi connectivity index (χ4n) is 2.04. The van der Waals surface area contributed by atoms with E-state index in [-0.39, 0.29) is 5.92 Å². The van der Waals surface area contributed by atoms with Gasteiger partial charge in [-0.1, -0.05) is 6.07 Å². The van der Waals surface area contributed by atoms with Crippen LogP contribution in [0.15, 0.2) is 24.3 Å². The van der Waals surface area contributed by atoms with E-state index in [9.17, 15) is 0 Å². The van der Waals surface area contributed by atoms with Gasteiger partial charge in [0.05, 0.1) is 17.7 Å². The topological polar surface area (TPSA) is 50.8 Å². The third-order valence-electron chi connectivity index (χ3n) is 3.02. The Labute approximate surface area is 95.5 Å². The maximum Gasteiger partial charge on any atom is 0.0992 e. The molecule has 1 heterocycles. The molecule has 0 radical (unpaired) electrons. The van der Waals surface area contributed by atoms with Crippen molar-refractivity contribution in [2.75, 3.05) is 18.0 Å². The van der Waals surface area contributed by atoms with E-state index in [2.05, 4.69) is 17.0 Å². The molecule has 0 amide bonds. The lowest BCUT2D eigenvalue weighted by molar-refractivity contribution is 0.488. The van der Waals surface area contributed by atoms with Crippen molar-refractivity contribution in [1.82, 2.24) is 0 Å². The molecule has 1 saturated heterocycles. The van der Waals surface area contributed by atoms with Crippen LogP contribution in [0.1, 0.15) is 18.4 Å². The van der Waals surface area contributed by atoms with Crippen molar-refractivity contribution in [2.45, 2.75) is 12.8 Å². The van der Waals surface area contributed by atoms with Crippen LogP contribution in [0.25, 0.3) is 0 Å². The van der Waals surface area contributed by atoms with Crippen molar-refractivity contribution in [3.05, 3.63) is 29.8 Å². The van der Waals surface area contributed by atoms with Crippen LogP contribution in [0.2, 0.25) is 0 Å². The number of nitriles is 2. The lowest BCUT2D eigenvalue weighted by Crippen LogP contribution is -2.33. The van der Waals surface area contributed by atoms with E-state index in [0.29, 0.717) is 5.56 Å². The highest BCUT2D eigenvalue weighted by atomic mass is 15.1. The number of hydrogen-bond donors (Lipinski definition) is 0. The number of nitrogens with zero attached hydrogens (tertiary/aromatic N) is 3. The minimum absolute atomic E-state index is 0.204. The zero-order valence-electron chi connectivity index (χ0n) is 9.06. The van der Waals surface area contributed by atoms with Crippen molar-refractivity contribution in [1.29, 1.82) is 10.5 Å².